The summed E-state index contributed by atoms with van der Waals surface area (Å²) >= 11 is 0. The molecule has 0 saturated carbocycles. The van der Waals surface area contributed by atoms with Gasteiger partial charge >= 0.3 is 0 Å². The molecule has 0 unspecified atom stereocenters. The number of nitrogens with one attached hydrogen (secondary N) is 1. The third-order valence-electron chi connectivity index (χ3n) is 5.28. The van der Waals surface area contributed by atoms with Crippen molar-refractivity contribution in [1.82, 2.24) is 9.88 Å². The first-order valence-electron chi connectivity index (χ1n) is 10.4. The molecule has 1 aromatic heterocycles. The first-order valence-corrected chi connectivity index (χ1v) is 10.4. The van der Waals surface area contributed by atoms with E-state index in [0.29, 0.717) is 18.6 Å². The molecular weight excluding hydrogens is 340 g/mol. The predicted molar refractivity (Wildman–Crippen MR) is 109 cm³/mol. The van der Waals surface area contributed by atoms with Crippen molar-refractivity contribution in [2.75, 3.05) is 49.5 Å². The number of amides is 1. The summed E-state index contributed by atoms with van der Waals surface area (Å²) in [6.07, 6.45) is 7.91. The van der Waals surface area contributed by atoms with E-state index in [1.54, 1.807) is 6.20 Å². The van der Waals surface area contributed by atoms with E-state index >= 15 is 0 Å². The molecule has 1 amide bonds. The fourth-order valence-electron chi connectivity index (χ4n) is 3.74. The maximum Gasteiger partial charge on any atom is 0.238 e. The molecule has 0 spiro atoms. The van der Waals surface area contributed by atoms with Crippen LogP contribution in [0.25, 0.3) is 0 Å². The molecule has 0 radical (unpaired) electrons. The predicted octanol–water partition coefficient (Wildman–Crippen LogP) is 3.15. The number of nitrogens with zero attached hydrogens (tertiary/aromatic N) is 3. The average Bonchev–Trinajstić information content (AvgIpc) is 2.68. The van der Waals surface area contributed by atoms with Gasteiger partial charge in [0, 0.05) is 32.8 Å². The highest BCUT2D eigenvalue weighted by molar-refractivity contribution is 5.92. The lowest BCUT2D eigenvalue weighted by molar-refractivity contribution is -0.118. The van der Waals surface area contributed by atoms with Crippen LogP contribution in [0.3, 0.4) is 0 Å². The summed E-state index contributed by atoms with van der Waals surface area (Å²) in [4.78, 5) is 21.4. The third-order valence-corrected chi connectivity index (χ3v) is 5.28. The van der Waals surface area contributed by atoms with Gasteiger partial charge in [-0.2, -0.15) is 0 Å². The Labute approximate surface area is 163 Å². The molecule has 1 N–H and O–H groups in total. The quantitative estimate of drug-likeness (QED) is 0.794. The van der Waals surface area contributed by atoms with Crippen LogP contribution < -0.4 is 10.2 Å². The number of pyridine rings is 1. The molecule has 3 heterocycles. The van der Waals surface area contributed by atoms with Gasteiger partial charge in [-0.25, -0.2) is 4.98 Å². The Morgan fingerprint density at radius 1 is 1.19 bits per heavy atom. The van der Waals surface area contributed by atoms with E-state index in [1.807, 2.05) is 12.1 Å². The number of rotatable bonds is 7. The Bertz CT molecular complexity index is 576. The number of carbonyl (C=O) groups excluding carboxylic acids is 1. The molecule has 6 heteroatoms. The van der Waals surface area contributed by atoms with Gasteiger partial charge in [0.25, 0.3) is 0 Å². The zero-order chi connectivity index (χ0) is 19.1. The minimum Gasteiger partial charge on any atom is -0.378 e. The van der Waals surface area contributed by atoms with E-state index < -0.39 is 0 Å². The van der Waals surface area contributed by atoms with Crippen LogP contribution in [0, 0.1) is 5.92 Å². The van der Waals surface area contributed by atoms with Gasteiger partial charge in [-0.1, -0.05) is 13.8 Å². The van der Waals surface area contributed by atoms with E-state index in [0.717, 1.165) is 57.1 Å². The zero-order valence-corrected chi connectivity index (χ0v) is 16.8. The Morgan fingerprint density at radius 2 is 1.93 bits per heavy atom. The summed E-state index contributed by atoms with van der Waals surface area (Å²) < 4.78 is 5.92. The molecule has 0 atom stereocenters. The zero-order valence-electron chi connectivity index (χ0n) is 16.8. The number of ether oxygens (including phenoxy) is 1. The van der Waals surface area contributed by atoms with Gasteiger partial charge in [0.05, 0.1) is 24.5 Å². The minimum atomic E-state index is 0.0315. The number of carbonyl (C=O) groups is 1. The Hall–Kier alpha value is -1.66. The van der Waals surface area contributed by atoms with Crippen molar-refractivity contribution in [2.45, 2.75) is 52.1 Å². The van der Waals surface area contributed by atoms with Crippen molar-refractivity contribution in [3.05, 3.63) is 18.3 Å². The van der Waals surface area contributed by atoms with Crippen molar-refractivity contribution >= 4 is 17.4 Å². The smallest absolute Gasteiger partial charge is 0.238 e. The highest BCUT2D eigenvalue weighted by atomic mass is 16.5. The average molecular weight is 375 g/mol. The number of aromatic nitrogens is 1. The second-order valence-electron chi connectivity index (χ2n) is 8.20. The normalized spacial score (nSPS) is 19.4. The van der Waals surface area contributed by atoms with Crippen LogP contribution in [0.2, 0.25) is 0 Å². The molecule has 6 nitrogen and oxygen atoms in total. The lowest BCUT2D eigenvalue weighted by Crippen LogP contribution is -2.41. The Morgan fingerprint density at radius 3 is 2.56 bits per heavy atom. The fourth-order valence-corrected chi connectivity index (χ4v) is 3.74. The van der Waals surface area contributed by atoms with E-state index in [-0.39, 0.29) is 5.91 Å². The van der Waals surface area contributed by atoms with Crippen molar-refractivity contribution in [1.29, 1.82) is 0 Å². The molecule has 0 aromatic carbocycles. The van der Waals surface area contributed by atoms with Crippen molar-refractivity contribution in [3.8, 4) is 0 Å². The van der Waals surface area contributed by atoms with Crippen LogP contribution in [-0.4, -0.2) is 61.2 Å². The van der Waals surface area contributed by atoms with Crippen LogP contribution >= 0.6 is 0 Å². The molecule has 27 heavy (non-hydrogen) atoms. The summed E-state index contributed by atoms with van der Waals surface area (Å²) in [6, 6.07) is 3.97. The molecular formula is C21H34N4O2. The molecule has 3 rings (SSSR count). The molecule has 0 bridgehead atoms. The summed E-state index contributed by atoms with van der Waals surface area (Å²) in [5.74, 6) is 1.61. The number of hydrogen-bond donors (Lipinski definition) is 1. The Kier molecular flexibility index (Phi) is 7.47. The topological polar surface area (TPSA) is 57.7 Å². The summed E-state index contributed by atoms with van der Waals surface area (Å²) in [5.41, 5.74) is 0.774. The van der Waals surface area contributed by atoms with Crippen LogP contribution in [0.15, 0.2) is 18.3 Å². The second-order valence-corrected chi connectivity index (χ2v) is 8.20. The maximum atomic E-state index is 12.3. The summed E-state index contributed by atoms with van der Waals surface area (Å²) in [7, 11) is 0. The van der Waals surface area contributed by atoms with Gasteiger partial charge in [-0.05, 0) is 50.2 Å². The lowest BCUT2D eigenvalue weighted by Gasteiger charge is -2.31. The molecule has 2 aliphatic rings. The first kappa shape index (κ1) is 20.1. The van der Waals surface area contributed by atoms with Gasteiger partial charge in [0.2, 0.25) is 5.91 Å². The highest BCUT2D eigenvalue weighted by Gasteiger charge is 2.21. The molecule has 150 valence electrons. The summed E-state index contributed by atoms with van der Waals surface area (Å²) in [6.45, 7) is 9.60. The highest BCUT2D eigenvalue weighted by Crippen LogP contribution is 2.19. The fraction of sp³-hybridized carbons (Fsp3) is 0.714. The van der Waals surface area contributed by atoms with Crippen LogP contribution in [0.1, 0.15) is 46.0 Å². The van der Waals surface area contributed by atoms with Crippen LogP contribution in [0.4, 0.5) is 11.5 Å². The van der Waals surface area contributed by atoms with E-state index in [4.69, 9.17) is 4.74 Å². The second kappa shape index (κ2) is 10.0. The largest absolute Gasteiger partial charge is 0.378 e. The number of anilines is 2. The maximum absolute atomic E-state index is 12.3. The van der Waals surface area contributed by atoms with Gasteiger partial charge in [-0.15, -0.1) is 0 Å². The van der Waals surface area contributed by atoms with E-state index in [1.165, 1.54) is 19.3 Å². The monoisotopic (exact) mass is 374 g/mol. The van der Waals surface area contributed by atoms with E-state index in [9.17, 15) is 4.79 Å². The van der Waals surface area contributed by atoms with Gasteiger partial charge in [0.15, 0.2) is 0 Å². The lowest BCUT2D eigenvalue weighted by atomic mass is 10.1. The van der Waals surface area contributed by atoms with Crippen molar-refractivity contribution < 1.29 is 9.53 Å². The van der Waals surface area contributed by atoms with E-state index in [2.05, 4.69) is 33.9 Å². The van der Waals surface area contributed by atoms with Gasteiger partial charge in [0.1, 0.15) is 5.82 Å². The van der Waals surface area contributed by atoms with Crippen molar-refractivity contribution in [2.24, 2.45) is 5.92 Å². The SMILES string of the molecule is CC(C)COC1CCN(CC(=O)Nc2ccc(N3CCCCC3)nc2)CC1. The van der Waals surface area contributed by atoms with Gasteiger partial charge in [-0.3, -0.25) is 9.69 Å². The number of likely N-dealkylation sites (tertiary alicyclic amines) is 1. The van der Waals surface area contributed by atoms with Crippen LogP contribution in [-0.2, 0) is 9.53 Å². The molecule has 0 aliphatic carbocycles. The number of hydrogen-bond acceptors (Lipinski definition) is 5. The van der Waals surface area contributed by atoms with Crippen LogP contribution in [0.5, 0.6) is 0 Å². The first-order chi connectivity index (χ1) is 13.1. The van der Waals surface area contributed by atoms with Crippen molar-refractivity contribution in [3.63, 3.8) is 0 Å². The number of piperidine rings is 2. The minimum absolute atomic E-state index is 0.0315. The molecule has 2 fully saturated rings. The molecule has 1 aromatic rings. The summed E-state index contributed by atoms with van der Waals surface area (Å²) in [5, 5.41) is 2.98. The molecule has 2 saturated heterocycles. The Balaban J connectivity index is 1.39. The molecule has 2 aliphatic heterocycles. The third kappa shape index (κ3) is 6.47. The standard InChI is InChI=1S/C21H34N4O2/c1-17(2)16-27-19-8-12-24(13-9-19)15-21(26)23-18-6-7-20(22-14-18)25-10-4-3-5-11-25/h6-7,14,17,19H,3-5,8-13,15-16H2,1-2H3,(H,23,26). The van der Waals surface area contributed by atoms with Gasteiger partial charge < -0.3 is 15.0 Å².